The smallest absolute Gasteiger partial charge is 0.0331 e. The molecule has 1 fully saturated rings. The summed E-state index contributed by atoms with van der Waals surface area (Å²) in [6, 6.07) is 8.71. The molecule has 18 heavy (non-hydrogen) atoms. The van der Waals surface area contributed by atoms with Crippen LogP contribution in [0.1, 0.15) is 36.8 Å². The van der Waals surface area contributed by atoms with Crippen molar-refractivity contribution in [1.82, 2.24) is 4.90 Å². The molecule has 2 N–H and O–H groups in total. The predicted octanol–water partition coefficient (Wildman–Crippen LogP) is 2.74. The Balaban J connectivity index is 2.05. The van der Waals surface area contributed by atoms with E-state index in [1.54, 1.807) is 0 Å². The largest absolute Gasteiger partial charge is 0.329 e. The standard InChI is InChI=1S/C16H26N2/c1-14-7-3-4-8-15(14)9-11-16(13-17)10-5-6-12-18(16)2/h3-4,7-8H,5-6,9-13,17H2,1-2H3. The molecular formula is C16H26N2. The van der Waals surface area contributed by atoms with Gasteiger partial charge in [0.25, 0.3) is 0 Å². The summed E-state index contributed by atoms with van der Waals surface area (Å²) in [6.45, 7) is 4.19. The molecule has 0 radical (unpaired) electrons. The number of nitrogens with zero attached hydrogens (tertiary/aromatic N) is 1. The zero-order valence-corrected chi connectivity index (χ0v) is 11.8. The van der Waals surface area contributed by atoms with Crippen LogP contribution in [-0.2, 0) is 6.42 Å². The molecule has 0 saturated carbocycles. The van der Waals surface area contributed by atoms with Gasteiger partial charge in [0.2, 0.25) is 0 Å². The molecule has 2 heteroatoms. The van der Waals surface area contributed by atoms with E-state index in [4.69, 9.17) is 5.73 Å². The average molecular weight is 246 g/mol. The highest BCUT2D eigenvalue weighted by molar-refractivity contribution is 5.26. The van der Waals surface area contributed by atoms with Crippen LogP contribution in [0, 0.1) is 6.92 Å². The van der Waals surface area contributed by atoms with E-state index >= 15 is 0 Å². The quantitative estimate of drug-likeness (QED) is 0.885. The van der Waals surface area contributed by atoms with Crippen LogP contribution in [-0.4, -0.2) is 30.6 Å². The second-order valence-electron chi connectivity index (χ2n) is 5.73. The van der Waals surface area contributed by atoms with E-state index in [-0.39, 0.29) is 5.54 Å². The van der Waals surface area contributed by atoms with Crippen LogP contribution < -0.4 is 5.73 Å². The van der Waals surface area contributed by atoms with Gasteiger partial charge in [0, 0.05) is 12.1 Å². The van der Waals surface area contributed by atoms with Gasteiger partial charge in [-0.2, -0.15) is 0 Å². The first-order valence-electron chi connectivity index (χ1n) is 7.14. The van der Waals surface area contributed by atoms with Crippen LogP contribution in [0.15, 0.2) is 24.3 Å². The lowest BCUT2D eigenvalue weighted by Gasteiger charge is -2.45. The lowest BCUT2D eigenvalue weighted by molar-refractivity contribution is 0.0721. The van der Waals surface area contributed by atoms with Crippen molar-refractivity contribution >= 4 is 0 Å². The molecule has 0 amide bonds. The summed E-state index contributed by atoms with van der Waals surface area (Å²) >= 11 is 0. The molecule has 1 saturated heterocycles. The summed E-state index contributed by atoms with van der Waals surface area (Å²) in [4.78, 5) is 2.49. The molecule has 0 bridgehead atoms. The number of benzene rings is 1. The number of piperidine rings is 1. The molecule has 1 aliphatic heterocycles. The predicted molar refractivity (Wildman–Crippen MR) is 77.8 cm³/mol. The highest BCUT2D eigenvalue weighted by Gasteiger charge is 2.34. The van der Waals surface area contributed by atoms with Crippen LogP contribution in [0.2, 0.25) is 0 Å². The van der Waals surface area contributed by atoms with Crippen molar-refractivity contribution in [2.45, 2.75) is 44.6 Å². The Morgan fingerprint density at radius 1 is 1.28 bits per heavy atom. The maximum Gasteiger partial charge on any atom is 0.0331 e. The summed E-state index contributed by atoms with van der Waals surface area (Å²) in [5.41, 5.74) is 9.21. The van der Waals surface area contributed by atoms with Gasteiger partial charge in [-0.1, -0.05) is 30.7 Å². The number of hydrogen-bond donors (Lipinski definition) is 1. The van der Waals surface area contributed by atoms with Gasteiger partial charge in [-0.15, -0.1) is 0 Å². The van der Waals surface area contributed by atoms with E-state index in [1.165, 1.54) is 43.4 Å². The number of aryl methyl sites for hydroxylation is 2. The van der Waals surface area contributed by atoms with Crippen molar-refractivity contribution < 1.29 is 0 Å². The van der Waals surface area contributed by atoms with Gasteiger partial charge in [0.05, 0.1) is 0 Å². The minimum Gasteiger partial charge on any atom is -0.329 e. The first kappa shape index (κ1) is 13.6. The molecule has 1 atom stereocenters. The fourth-order valence-corrected chi connectivity index (χ4v) is 3.16. The molecule has 0 spiro atoms. The summed E-state index contributed by atoms with van der Waals surface area (Å²) in [7, 11) is 2.24. The van der Waals surface area contributed by atoms with Crippen LogP contribution in [0.3, 0.4) is 0 Å². The van der Waals surface area contributed by atoms with Gasteiger partial charge in [-0.3, -0.25) is 4.90 Å². The van der Waals surface area contributed by atoms with Crippen molar-refractivity contribution in [2.24, 2.45) is 5.73 Å². The first-order valence-corrected chi connectivity index (χ1v) is 7.14. The molecule has 1 heterocycles. The molecule has 1 unspecified atom stereocenters. The zero-order chi connectivity index (χ0) is 13.0. The second kappa shape index (κ2) is 5.85. The average Bonchev–Trinajstić information content (AvgIpc) is 2.40. The third-order valence-corrected chi connectivity index (χ3v) is 4.70. The van der Waals surface area contributed by atoms with E-state index in [9.17, 15) is 0 Å². The van der Waals surface area contributed by atoms with Crippen LogP contribution >= 0.6 is 0 Å². The fraction of sp³-hybridized carbons (Fsp3) is 0.625. The van der Waals surface area contributed by atoms with Gasteiger partial charge in [0.1, 0.15) is 0 Å². The van der Waals surface area contributed by atoms with Crippen LogP contribution in [0.5, 0.6) is 0 Å². The minimum atomic E-state index is 0.237. The Morgan fingerprint density at radius 2 is 2.06 bits per heavy atom. The molecule has 2 rings (SSSR count). The fourth-order valence-electron chi connectivity index (χ4n) is 3.16. The minimum absolute atomic E-state index is 0.237. The first-order chi connectivity index (χ1) is 8.68. The van der Waals surface area contributed by atoms with Crippen molar-refractivity contribution in [1.29, 1.82) is 0 Å². The molecule has 1 aliphatic rings. The molecular weight excluding hydrogens is 220 g/mol. The maximum atomic E-state index is 6.09. The summed E-state index contributed by atoms with van der Waals surface area (Å²) < 4.78 is 0. The Kier molecular flexibility index (Phi) is 4.41. The monoisotopic (exact) mass is 246 g/mol. The number of likely N-dealkylation sites (N-methyl/N-ethyl adjacent to an activating group) is 1. The number of hydrogen-bond acceptors (Lipinski definition) is 2. The van der Waals surface area contributed by atoms with Crippen LogP contribution in [0.4, 0.5) is 0 Å². The highest BCUT2D eigenvalue weighted by Crippen LogP contribution is 2.30. The van der Waals surface area contributed by atoms with E-state index in [1.807, 2.05) is 0 Å². The summed E-state index contributed by atoms with van der Waals surface area (Å²) in [6.07, 6.45) is 6.24. The van der Waals surface area contributed by atoms with Gasteiger partial charge in [-0.25, -0.2) is 0 Å². The molecule has 0 aromatic heterocycles. The SMILES string of the molecule is Cc1ccccc1CCC1(CN)CCCCN1C. The number of nitrogens with two attached hydrogens (primary N) is 1. The van der Waals surface area contributed by atoms with Crippen molar-refractivity contribution in [3.63, 3.8) is 0 Å². The van der Waals surface area contributed by atoms with Gasteiger partial charge in [0.15, 0.2) is 0 Å². The Hall–Kier alpha value is -0.860. The highest BCUT2D eigenvalue weighted by atomic mass is 15.2. The van der Waals surface area contributed by atoms with E-state index in [0.717, 1.165) is 13.0 Å². The summed E-state index contributed by atoms with van der Waals surface area (Å²) in [5.74, 6) is 0. The Bertz CT molecular complexity index is 388. The number of likely N-dealkylation sites (tertiary alicyclic amines) is 1. The topological polar surface area (TPSA) is 29.3 Å². The third kappa shape index (κ3) is 2.76. The lowest BCUT2D eigenvalue weighted by atomic mass is 9.81. The van der Waals surface area contributed by atoms with Gasteiger partial charge >= 0.3 is 0 Å². The van der Waals surface area contributed by atoms with E-state index in [2.05, 4.69) is 43.1 Å². The summed E-state index contributed by atoms with van der Waals surface area (Å²) in [5, 5.41) is 0. The Labute approximate surface area is 111 Å². The molecule has 0 aliphatic carbocycles. The van der Waals surface area contributed by atoms with Gasteiger partial charge in [-0.05, 0) is 57.3 Å². The van der Waals surface area contributed by atoms with Crippen molar-refractivity contribution in [3.05, 3.63) is 35.4 Å². The maximum absolute atomic E-state index is 6.09. The van der Waals surface area contributed by atoms with Crippen LogP contribution in [0.25, 0.3) is 0 Å². The van der Waals surface area contributed by atoms with E-state index in [0.29, 0.717) is 0 Å². The zero-order valence-electron chi connectivity index (χ0n) is 11.8. The van der Waals surface area contributed by atoms with Crippen molar-refractivity contribution in [2.75, 3.05) is 20.1 Å². The lowest BCUT2D eigenvalue weighted by Crippen LogP contribution is -2.54. The normalized spacial score (nSPS) is 25.3. The van der Waals surface area contributed by atoms with Gasteiger partial charge < -0.3 is 5.73 Å². The second-order valence-corrected chi connectivity index (χ2v) is 5.73. The number of rotatable bonds is 4. The molecule has 1 aromatic carbocycles. The van der Waals surface area contributed by atoms with Crippen molar-refractivity contribution in [3.8, 4) is 0 Å². The molecule has 1 aromatic rings. The molecule has 100 valence electrons. The third-order valence-electron chi connectivity index (χ3n) is 4.70. The van der Waals surface area contributed by atoms with E-state index < -0.39 is 0 Å². The Morgan fingerprint density at radius 3 is 2.72 bits per heavy atom. The molecule has 2 nitrogen and oxygen atoms in total.